The van der Waals surface area contributed by atoms with E-state index in [2.05, 4.69) is 5.16 Å². The molecule has 32 heavy (non-hydrogen) atoms. The van der Waals surface area contributed by atoms with E-state index in [1.54, 1.807) is 26.0 Å². The fourth-order valence-electron chi connectivity index (χ4n) is 3.09. The second-order valence-electron chi connectivity index (χ2n) is 7.20. The number of aromatic nitrogens is 1. The molecule has 0 saturated carbocycles. The standard InChI is InChI=1S/C23H20F3N3O3/c1-15-21(16(2)32-28-15)13-31-20-5-3-4-19(10-20)22(30)29(14-23(24,25)26)12-18-8-6-17(11-27)7-9-18/h3-10H,12-14H2,1-2H3. The van der Waals surface area contributed by atoms with E-state index in [1.807, 2.05) is 6.07 Å². The van der Waals surface area contributed by atoms with Gasteiger partial charge in [-0.3, -0.25) is 4.79 Å². The molecule has 1 heterocycles. The van der Waals surface area contributed by atoms with E-state index in [9.17, 15) is 18.0 Å². The number of hydrogen-bond donors (Lipinski definition) is 0. The van der Waals surface area contributed by atoms with Crippen LogP contribution < -0.4 is 4.74 Å². The van der Waals surface area contributed by atoms with Gasteiger partial charge in [-0.1, -0.05) is 23.4 Å². The molecule has 1 aromatic heterocycles. The highest BCUT2D eigenvalue weighted by Crippen LogP contribution is 2.23. The Morgan fingerprint density at radius 3 is 2.50 bits per heavy atom. The van der Waals surface area contributed by atoms with E-state index in [1.165, 1.54) is 36.4 Å². The van der Waals surface area contributed by atoms with Crippen LogP contribution in [0.3, 0.4) is 0 Å². The van der Waals surface area contributed by atoms with Crippen molar-refractivity contribution in [3.63, 3.8) is 0 Å². The molecule has 0 spiro atoms. The van der Waals surface area contributed by atoms with Crippen molar-refractivity contribution in [1.29, 1.82) is 5.26 Å². The maximum atomic E-state index is 13.2. The van der Waals surface area contributed by atoms with Gasteiger partial charge in [0.05, 0.1) is 22.9 Å². The molecule has 0 aliphatic heterocycles. The van der Waals surface area contributed by atoms with E-state index in [-0.39, 0.29) is 18.7 Å². The molecule has 0 aliphatic rings. The third-order valence-electron chi connectivity index (χ3n) is 4.76. The molecule has 0 aliphatic carbocycles. The van der Waals surface area contributed by atoms with Crippen LogP contribution >= 0.6 is 0 Å². The summed E-state index contributed by atoms with van der Waals surface area (Å²) >= 11 is 0. The van der Waals surface area contributed by atoms with Crippen molar-refractivity contribution in [1.82, 2.24) is 10.1 Å². The Balaban J connectivity index is 1.78. The zero-order valence-corrected chi connectivity index (χ0v) is 17.4. The van der Waals surface area contributed by atoms with Crippen molar-refractivity contribution in [3.8, 4) is 11.8 Å². The molecule has 0 N–H and O–H groups in total. The molecule has 0 radical (unpaired) electrons. The van der Waals surface area contributed by atoms with Gasteiger partial charge in [-0.25, -0.2) is 0 Å². The fourth-order valence-corrected chi connectivity index (χ4v) is 3.09. The van der Waals surface area contributed by atoms with Gasteiger partial charge in [-0.05, 0) is 49.7 Å². The Kier molecular flexibility index (Phi) is 6.83. The number of nitriles is 1. The molecule has 0 bridgehead atoms. The minimum atomic E-state index is -4.57. The number of alkyl halides is 3. The summed E-state index contributed by atoms with van der Waals surface area (Å²) in [5.74, 6) is 0.157. The average molecular weight is 443 g/mol. The van der Waals surface area contributed by atoms with E-state index in [0.29, 0.717) is 28.3 Å². The van der Waals surface area contributed by atoms with Gasteiger partial charge < -0.3 is 14.2 Å². The lowest BCUT2D eigenvalue weighted by atomic mass is 10.1. The Morgan fingerprint density at radius 2 is 1.91 bits per heavy atom. The quantitative estimate of drug-likeness (QED) is 0.516. The third-order valence-corrected chi connectivity index (χ3v) is 4.76. The van der Waals surface area contributed by atoms with Crippen LogP contribution in [0.2, 0.25) is 0 Å². The summed E-state index contributed by atoms with van der Waals surface area (Å²) in [6.45, 7) is 2.00. The van der Waals surface area contributed by atoms with Crippen LogP contribution in [0.25, 0.3) is 0 Å². The number of carbonyl (C=O) groups is 1. The monoisotopic (exact) mass is 443 g/mol. The second kappa shape index (κ2) is 9.56. The van der Waals surface area contributed by atoms with Gasteiger partial charge in [0.1, 0.15) is 24.7 Å². The Bertz CT molecular complexity index is 1110. The number of carbonyl (C=O) groups excluding carboxylic acids is 1. The minimum absolute atomic E-state index is 0.0687. The summed E-state index contributed by atoms with van der Waals surface area (Å²) in [4.78, 5) is 13.7. The minimum Gasteiger partial charge on any atom is -0.489 e. The predicted molar refractivity (Wildman–Crippen MR) is 109 cm³/mol. The number of hydrogen-bond acceptors (Lipinski definition) is 5. The first-order valence-corrected chi connectivity index (χ1v) is 9.66. The average Bonchev–Trinajstić information content (AvgIpc) is 3.08. The zero-order valence-electron chi connectivity index (χ0n) is 17.4. The largest absolute Gasteiger partial charge is 0.489 e. The molecule has 2 aromatic carbocycles. The highest BCUT2D eigenvalue weighted by atomic mass is 19.4. The van der Waals surface area contributed by atoms with E-state index < -0.39 is 18.6 Å². The summed E-state index contributed by atoms with van der Waals surface area (Å²) in [5.41, 5.74) is 2.37. The van der Waals surface area contributed by atoms with Crippen LogP contribution in [0, 0.1) is 25.2 Å². The first-order chi connectivity index (χ1) is 15.2. The molecular formula is C23H20F3N3O3. The molecule has 0 saturated heterocycles. The number of rotatable bonds is 7. The van der Waals surface area contributed by atoms with Gasteiger partial charge in [0.25, 0.3) is 5.91 Å². The van der Waals surface area contributed by atoms with Gasteiger partial charge in [0, 0.05) is 12.1 Å². The van der Waals surface area contributed by atoms with Gasteiger partial charge in [-0.2, -0.15) is 18.4 Å². The zero-order chi connectivity index (χ0) is 23.3. The normalized spacial score (nSPS) is 11.1. The summed E-state index contributed by atoms with van der Waals surface area (Å²) in [5, 5.41) is 12.7. The molecule has 3 rings (SSSR count). The van der Waals surface area contributed by atoms with Gasteiger partial charge in [0.2, 0.25) is 0 Å². The van der Waals surface area contributed by atoms with Crippen molar-refractivity contribution in [3.05, 3.63) is 82.2 Å². The van der Waals surface area contributed by atoms with Crippen LogP contribution in [0.1, 0.15) is 38.5 Å². The molecule has 0 unspecified atom stereocenters. The highest BCUT2D eigenvalue weighted by Gasteiger charge is 2.33. The number of ether oxygens (including phenoxy) is 1. The smallest absolute Gasteiger partial charge is 0.406 e. The first-order valence-electron chi connectivity index (χ1n) is 9.66. The highest BCUT2D eigenvalue weighted by molar-refractivity contribution is 5.94. The third kappa shape index (κ3) is 5.88. The lowest BCUT2D eigenvalue weighted by molar-refractivity contribution is -0.141. The number of benzene rings is 2. The molecular weight excluding hydrogens is 423 g/mol. The number of halogens is 3. The molecule has 1 amide bonds. The summed E-state index contributed by atoms with van der Waals surface area (Å²) < 4.78 is 50.3. The van der Waals surface area contributed by atoms with Crippen LogP contribution in [-0.2, 0) is 13.2 Å². The molecule has 3 aromatic rings. The fraction of sp³-hybridized carbons (Fsp3) is 0.261. The van der Waals surface area contributed by atoms with Crippen LogP contribution in [0.5, 0.6) is 5.75 Å². The maximum absolute atomic E-state index is 13.2. The topological polar surface area (TPSA) is 79.4 Å². The SMILES string of the molecule is Cc1noc(C)c1COc1cccc(C(=O)N(Cc2ccc(C#N)cc2)CC(F)(F)F)c1. The molecule has 6 nitrogen and oxygen atoms in total. The number of aryl methyl sites for hydroxylation is 2. The van der Waals surface area contributed by atoms with Crippen LogP contribution in [0.15, 0.2) is 53.1 Å². The van der Waals surface area contributed by atoms with E-state index in [4.69, 9.17) is 14.5 Å². The van der Waals surface area contributed by atoms with Crippen molar-refractivity contribution >= 4 is 5.91 Å². The van der Waals surface area contributed by atoms with Crippen molar-refractivity contribution in [2.45, 2.75) is 33.2 Å². The van der Waals surface area contributed by atoms with Gasteiger partial charge in [0.15, 0.2) is 0 Å². The van der Waals surface area contributed by atoms with Crippen molar-refractivity contribution in [2.24, 2.45) is 0 Å². The molecule has 0 fully saturated rings. The summed E-state index contributed by atoms with van der Waals surface area (Å²) in [7, 11) is 0. The predicted octanol–water partition coefficient (Wildman–Crippen LogP) is 4.95. The van der Waals surface area contributed by atoms with Crippen LogP contribution in [-0.4, -0.2) is 28.7 Å². The lowest BCUT2D eigenvalue weighted by Crippen LogP contribution is -2.38. The molecule has 9 heteroatoms. The van der Waals surface area contributed by atoms with Crippen molar-refractivity contribution in [2.75, 3.05) is 6.54 Å². The van der Waals surface area contributed by atoms with E-state index >= 15 is 0 Å². The maximum Gasteiger partial charge on any atom is 0.406 e. The summed E-state index contributed by atoms with van der Waals surface area (Å²) in [6.07, 6.45) is -4.57. The summed E-state index contributed by atoms with van der Waals surface area (Å²) in [6, 6.07) is 14.0. The first kappa shape index (κ1) is 22.9. The second-order valence-corrected chi connectivity index (χ2v) is 7.20. The number of nitrogens with zero attached hydrogens (tertiary/aromatic N) is 3. The molecule has 0 atom stereocenters. The van der Waals surface area contributed by atoms with Gasteiger partial charge in [-0.15, -0.1) is 0 Å². The number of amides is 1. The van der Waals surface area contributed by atoms with Gasteiger partial charge >= 0.3 is 6.18 Å². The van der Waals surface area contributed by atoms with Crippen molar-refractivity contribution < 1.29 is 27.2 Å². The van der Waals surface area contributed by atoms with Crippen LogP contribution in [0.4, 0.5) is 13.2 Å². The molecule has 166 valence electrons. The Labute approximate surface area is 182 Å². The van der Waals surface area contributed by atoms with E-state index in [0.717, 1.165) is 10.5 Å². The Morgan fingerprint density at radius 1 is 1.19 bits per heavy atom. The lowest BCUT2D eigenvalue weighted by Gasteiger charge is -2.24. The Hall–Kier alpha value is -3.80.